The number of hydrogen-bond donors (Lipinski definition) is 1. The van der Waals surface area contributed by atoms with Crippen LogP contribution in [0.3, 0.4) is 0 Å². The Hall–Kier alpha value is -1.14. The van der Waals surface area contributed by atoms with Gasteiger partial charge < -0.3 is 0 Å². The molecule has 1 saturated heterocycles. The average molecular weight is 304 g/mol. The highest BCUT2D eigenvalue weighted by atomic mass is 19.4. The van der Waals surface area contributed by atoms with Gasteiger partial charge in [-0.2, -0.15) is 13.2 Å². The molecule has 1 fully saturated rings. The fourth-order valence-corrected chi connectivity index (χ4v) is 2.88. The Morgan fingerprint density at radius 2 is 1.81 bits per heavy atom. The summed E-state index contributed by atoms with van der Waals surface area (Å²) < 4.78 is 51.9. The lowest BCUT2D eigenvalue weighted by atomic mass is 10.00. The molecule has 21 heavy (non-hydrogen) atoms. The van der Waals surface area contributed by atoms with Gasteiger partial charge in [0.1, 0.15) is 5.82 Å². The van der Waals surface area contributed by atoms with Gasteiger partial charge in [0.25, 0.3) is 0 Å². The molecule has 2 rings (SSSR count). The first-order valence-electron chi connectivity index (χ1n) is 7.16. The second-order valence-corrected chi connectivity index (χ2v) is 5.67. The number of hydrazine groups is 1. The second-order valence-electron chi connectivity index (χ2n) is 5.67. The lowest BCUT2D eigenvalue weighted by molar-refractivity contribution is -0.138. The van der Waals surface area contributed by atoms with E-state index >= 15 is 0 Å². The molecule has 1 N–H and O–H groups in total. The summed E-state index contributed by atoms with van der Waals surface area (Å²) in [5, 5.41) is 2.01. The smallest absolute Gasteiger partial charge is 0.250 e. The third-order valence-corrected chi connectivity index (χ3v) is 4.02. The molecule has 6 heteroatoms. The van der Waals surface area contributed by atoms with Crippen molar-refractivity contribution in [3.63, 3.8) is 0 Å². The van der Waals surface area contributed by atoms with Gasteiger partial charge >= 0.3 is 6.18 Å². The number of hydrogen-bond acceptors (Lipinski definition) is 2. The second kappa shape index (κ2) is 6.32. The fourth-order valence-electron chi connectivity index (χ4n) is 2.88. The molecular weight excluding hydrogens is 284 g/mol. The highest BCUT2D eigenvalue weighted by molar-refractivity contribution is 5.30. The number of nitrogens with one attached hydrogen (secondary N) is 1. The molecule has 2 nitrogen and oxygen atoms in total. The molecule has 1 aromatic carbocycles. The maximum atomic E-state index is 13.1. The zero-order valence-corrected chi connectivity index (χ0v) is 12.2. The van der Waals surface area contributed by atoms with E-state index in [9.17, 15) is 17.6 Å². The molecule has 2 atom stereocenters. The van der Waals surface area contributed by atoms with Crippen molar-refractivity contribution < 1.29 is 17.6 Å². The minimum Gasteiger partial charge on any atom is -0.250 e. The summed E-state index contributed by atoms with van der Waals surface area (Å²) >= 11 is 0. The topological polar surface area (TPSA) is 15.3 Å². The van der Waals surface area contributed by atoms with Crippen LogP contribution in [0.5, 0.6) is 0 Å². The first kappa shape index (κ1) is 16.2. The van der Waals surface area contributed by atoms with E-state index in [4.69, 9.17) is 0 Å². The highest BCUT2D eigenvalue weighted by Crippen LogP contribution is 2.32. The number of piperidine rings is 1. The standard InChI is InChI=1S/C15H20F4N2/c1-10-4-3-5-11(2)21(10)20-9-12-6-7-13(16)8-14(12)15(17,18)19/h6-8,10-11,20H,3-5,9H2,1-2H3. The van der Waals surface area contributed by atoms with Gasteiger partial charge in [0.05, 0.1) is 5.56 Å². The van der Waals surface area contributed by atoms with Crippen LogP contribution in [-0.2, 0) is 12.7 Å². The van der Waals surface area contributed by atoms with Gasteiger partial charge in [-0.3, -0.25) is 5.43 Å². The summed E-state index contributed by atoms with van der Waals surface area (Å²) in [7, 11) is 0. The van der Waals surface area contributed by atoms with Gasteiger partial charge in [0.15, 0.2) is 0 Å². The number of benzene rings is 1. The Kier molecular flexibility index (Phi) is 4.88. The van der Waals surface area contributed by atoms with E-state index in [1.807, 2.05) is 5.01 Å². The Balaban J connectivity index is 2.13. The molecule has 0 radical (unpaired) electrons. The number of halogens is 4. The summed E-state index contributed by atoms with van der Waals surface area (Å²) in [5.41, 5.74) is 2.23. The highest BCUT2D eigenvalue weighted by Gasteiger charge is 2.34. The monoisotopic (exact) mass is 304 g/mol. The molecule has 1 aliphatic rings. The molecule has 0 spiro atoms. The van der Waals surface area contributed by atoms with Gasteiger partial charge in [0, 0.05) is 18.6 Å². The summed E-state index contributed by atoms with van der Waals surface area (Å²) in [6, 6.07) is 3.38. The predicted molar refractivity (Wildman–Crippen MR) is 72.9 cm³/mol. The molecule has 0 aromatic heterocycles. The maximum absolute atomic E-state index is 13.1. The predicted octanol–water partition coefficient (Wildman–Crippen LogP) is 4.11. The maximum Gasteiger partial charge on any atom is 0.416 e. The van der Waals surface area contributed by atoms with E-state index in [1.54, 1.807) is 0 Å². The van der Waals surface area contributed by atoms with Crippen LogP contribution in [0.15, 0.2) is 18.2 Å². The van der Waals surface area contributed by atoms with Crippen molar-refractivity contribution in [2.24, 2.45) is 0 Å². The molecule has 1 aromatic rings. The van der Waals surface area contributed by atoms with E-state index in [2.05, 4.69) is 19.3 Å². The Morgan fingerprint density at radius 3 is 2.38 bits per heavy atom. The Labute approximate surface area is 122 Å². The third-order valence-electron chi connectivity index (χ3n) is 4.02. The number of rotatable bonds is 3. The van der Waals surface area contributed by atoms with E-state index < -0.39 is 17.6 Å². The minimum atomic E-state index is -4.54. The van der Waals surface area contributed by atoms with Crippen LogP contribution in [0.2, 0.25) is 0 Å². The molecular formula is C15H20F4N2. The normalized spacial score (nSPS) is 24.3. The molecule has 1 heterocycles. The molecule has 0 amide bonds. The zero-order chi connectivity index (χ0) is 15.6. The van der Waals surface area contributed by atoms with Crippen LogP contribution in [0.1, 0.15) is 44.2 Å². The summed E-state index contributed by atoms with van der Waals surface area (Å²) in [6.07, 6.45) is -1.37. The lowest BCUT2D eigenvalue weighted by Gasteiger charge is -2.39. The van der Waals surface area contributed by atoms with Gasteiger partial charge in [-0.25, -0.2) is 9.40 Å². The van der Waals surface area contributed by atoms with Crippen molar-refractivity contribution in [3.8, 4) is 0 Å². The van der Waals surface area contributed by atoms with Crippen LogP contribution < -0.4 is 5.43 Å². The summed E-state index contributed by atoms with van der Waals surface area (Å²) in [4.78, 5) is 0. The van der Waals surface area contributed by atoms with Crippen molar-refractivity contribution >= 4 is 0 Å². The quantitative estimate of drug-likeness (QED) is 0.845. The summed E-state index contributed by atoms with van der Waals surface area (Å²) in [6.45, 7) is 4.15. The van der Waals surface area contributed by atoms with Gasteiger partial charge in [-0.1, -0.05) is 12.5 Å². The van der Waals surface area contributed by atoms with Crippen LogP contribution in [0.25, 0.3) is 0 Å². The lowest BCUT2D eigenvalue weighted by Crippen LogP contribution is -2.51. The van der Waals surface area contributed by atoms with E-state index in [-0.39, 0.29) is 24.2 Å². The van der Waals surface area contributed by atoms with Crippen LogP contribution in [0, 0.1) is 5.82 Å². The first-order valence-corrected chi connectivity index (χ1v) is 7.16. The van der Waals surface area contributed by atoms with E-state index in [1.165, 1.54) is 6.07 Å². The molecule has 0 bridgehead atoms. The van der Waals surface area contributed by atoms with Crippen LogP contribution >= 0.6 is 0 Å². The average Bonchev–Trinajstić information content (AvgIpc) is 2.38. The molecule has 0 aliphatic carbocycles. The van der Waals surface area contributed by atoms with Crippen molar-refractivity contribution in [2.75, 3.05) is 0 Å². The Bertz CT molecular complexity index is 477. The van der Waals surface area contributed by atoms with Crippen molar-refractivity contribution in [1.82, 2.24) is 10.4 Å². The zero-order valence-electron chi connectivity index (χ0n) is 12.2. The van der Waals surface area contributed by atoms with Crippen LogP contribution in [-0.4, -0.2) is 17.1 Å². The van der Waals surface area contributed by atoms with Crippen molar-refractivity contribution in [3.05, 3.63) is 35.1 Å². The molecule has 2 unspecified atom stereocenters. The van der Waals surface area contributed by atoms with E-state index in [0.717, 1.165) is 25.3 Å². The van der Waals surface area contributed by atoms with E-state index in [0.29, 0.717) is 6.07 Å². The number of nitrogens with zero attached hydrogens (tertiary/aromatic N) is 1. The Morgan fingerprint density at radius 1 is 1.19 bits per heavy atom. The van der Waals surface area contributed by atoms with Crippen molar-refractivity contribution in [1.29, 1.82) is 0 Å². The number of alkyl halides is 3. The molecule has 118 valence electrons. The largest absolute Gasteiger partial charge is 0.416 e. The first-order chi connectivity index (χ1) is 9.79. The van der Waals surface area contributed by atoms with Gasteiger partial charge in [-0.05, 0) is 44.4 Å². The third kappa shape index (κ3) is 3.95. The minimum absolute atomic E-state index is 0.0454. The fraction of sp³-hybridized carbons (Fsp3) is 0.600. The van der Waals surface area contributed by atoms with Crippen LogP contribution in [0.4, 0.5) is 17.6 Å². The SMILES string of the molecule is CC1CCCC(C)N1NCc1ccc(F)cc1C(F)(F)F. The van der Waals surface area contributed by atoms with Crippen molar-refractivity contribution in [2.45, 2.75) is 57.9 Å². The van der Waals surface area contributed by atoms with Gasteiger partial charge in [0.2, 0.25) is 0 Å². The summed E-state index contributed by atoms with van der Waals surface area (Å²) in [5.74, 6) is -0.870. The van der Waals surface area contributed by atoms with Gasteiger partial charge in [-0.15, -0.1) is 0 Å². The molecule has 1 aliphatic heterocycles. The molecule has 0 saturated carbocycles.